The molecule has 0 aliphatic carbocycles. The molecule has 1 aromatic rings. The van der Waals surface area contributed by atoms with Gasteiger partial charge in [0.2, 0.25) is 0 Å². The molecule has 0 saturated carbocycles. The van der Waals surface area contributed by atoms with Crippen LogP contribution in [0.4, 0.5) is 0 Å². The first-order chi connectivity index (χ1) is 14.5. The maximum absolute atomic E-state index is 12.2. The van der Waals surface area contributed by atoms with Gasteiger partial charge in [0.1, 0.15) is 0 Å². The molecule has 6 heteroatoms. The summed E-state index contributed by atoms with van der Waals surface area (Å²) in [7, 11) is -2.57. The zero-order valence-corrected chi connectivity index (χ0v) is 22.7. The monoisotopic (exact) mass is 460 g/mol. The fourth-order valence-electron chi connectivity index (χ4n) is 3.40. The second kappa shape index (κ2) is 19.0. The molecule has 0 N–H and O–H groups in total. The smallest absolute Gasteiger partial charge is 1.00 e. The largest absolute Gasteiger partial charge is 1.00 e. The fraction of sp³-hybridized carbons (Fsp3) is 0.640. The molecule has 0 radical (unpaired) electrons. The minimum atomic E-state index is -3.70. The van der Waals surface area contributed by atoms with E-state index in [2.05, 4.69) is 23.3 Å². The van der Waals surface area contributed by atoms with Crippen molar-refractivity contribution in [2.45, 2.75) is 102 Å². The molecule has 0 unspecified atom stereocenters. The molecule has 4 nitrogen and oxygen atoms in total. The molecule has 172 valence electrons. The van der Waals surface area contributed by atoms with E-state index in [1.807, 2.05) is 0 Å². The zero-order valence-electron chi connectivity index (χ0n) is 20.9. The van der Waals surface area contributed by atoms with Crippen molar-refractivity contribution < 1.29 is 48.4 Å². The van der Waals surface area contributed by atoms with Gasteiger partial charge < -0.3 is 1.43 Å². The zero-order chi connectivity index (χ0) is 22.1. The van der Waals surface area contributed by atoms with Crippen molar-refractivity contribution in [1.29, 1.82) is 0 Å². The predicted molar refractivity (Wildman–Crippen MR) is 126 cm³/mol. The normalized spacial score (nSPS) is 11.5. The van der Waals surface area contributed by atoms with E-state index in [-0.39, 0.29) is 41.7 Å². The number of hydrogen-bond donors (Lipinski definition) is 0. The molecule has 0 spiro atoms. The molecule has 1 rings (SSSR count). The number of unbranched alkanes of at least 4 members (excludes halogenated alkanes) is 11. The Balaban J connectivity index is 0. The summed E-state index contributed by atoms with van der Waals surface area (Å²) >= 11 is 0. The standard InChI is InChI=1S/C25H40O4S.Na.H/c1-3-4-5-6-7-8-9-10-11-12-13-14-15-16-17-18-25(26)23-19-21-24(22-20-23)30(27,28)29-2;;/h10-11,19-22H,3-9,12-18H2,1-2H3;;/q;+1;-1/b11-10-;;. The Labute approximate surface area is 214 Å². The average Bonchev–Trinajstić information content (AvgIpc) is 2.76. The van der Waals surface area contributed by atoms with E-state index in [0.29, 0.717) is 12.0 Å². The van der Waals surface area contributed by atoms with Crippen molar-refractivity contribution in [2.24, 2.45) is 0 Å². The van der Waals surface area contributed by atoms with Crippen LogP contribution in [-0.4, -0.2) is 21.3 Å². The van der Waals surface area contributed by atoms with Crippen molar-refractivity contribution >= 4 is 15.9 Å². The summed E-state index contributed by atoms with van der Waals surface area (Å²) in [6.07, 6.45) is 21.2. The van der Waals surface area contributed by atoms with Gasteiger partial charge in [0.25, 0.3) is 10.1 Å². The van der Waals surface area contributed by atoms with Crippen LogP contribution >= 0.6 is 0 Å². The fourth-order valence-corrected chi connectivity index (χ4v) is 4.07. The Morgan fingerprint density at radius 3 is 1.84 bits per heavy atom. The van der Waals surface area contributed by atoms with Crippen LogP contribution in [0.1, 0.15) is 109 Å². The van der Waals surface area contributed by atoms with Crippen LogP contribution in [0.25, 0.3) is 0 Å². The van der Waals surface area contributed by atoms with Gasteiger partial charge in [-0.1, -0.05) is 82.6 Å². The molecule has 0 aliphatic heterocycles. The van der Waals surface area contributed by atoms with Crippen molar-refractivity contribution in [3.8, 4) is 0 Å². The quantitative estimate of drug-likeness (QED) is 0.107. The molecule has 1 aromatic carbocycles. The number of allylic oxidation sites excluding steroid dienone is 2. The Bertz CT molecular complexity index is 718. The minimum Gasteiger partial charge on any atom is -1.00 e. The summed E-state index contributed by atoms with van der Waals surface area (Å²) in [5, 5.41) is 0. The number of carbonyl (C=O) groups is 1. The van der Waals surface area contributed by atoms with E-state index in [0.717, 1.165) is 32.8 Å². The number of ketones is 1. The summed E-state index contributed by atoms with van der Waals surface area (Å²) in [6, 6.07) is 5.97. The van der Waals surface area contributed by atoms with Gasteiger partial charge in [-0.05, 0) is 44.2 Å². The van der Waals surface area contributed by atoms with E-state index >= 15 is 0 Å². The molecule has 0 saturated heterocycles. The number of rotatable bonds is 18. The third-order valence-electron chi connectivity index (χ3n) is 5.35. The number of carbonyl (C=O) groups excluding carboxylic acids is 1. The number of benzene rings is 1. The summed E-state index contributed by atoms with van der Waals surface area (Å²) < 4.78 is 27.7. The van der Waals surface area contributed by atoms with E-state index < -0.39 is 10.1 Å². The van der Waals surface area contributed by atoms with Crippen LogP contribution in [-0.2, 0) is 14.3 Å². The van der Waals surface area contributed by atoms with Crippen LogP contribution in [0, 0.1) is 0 Å². The molecule has 0 aliphatic rings. The molecule has 0 atom stereocenters. The maximum Gasteiger partial charge on any atom is 1.00 e. The summed E-state index contributed by atoms with van der Waals surface area (Å²) in [5.74, 6) is 0.0639. The summed E-state index contributed by atoms with van der Waals surface area (Å²) in [6.45, 7) is 2.25. The minimum absolute atomic E-state index is 0. The van der Waals surface area contributed by atoms with Gasteiger partial charge in [-0.25, -0.2) is 0 Å². The molecule has 0 bridgehead atoms. The van der Waals surface area contributed by atoms with Crippen LogP contribution in [0.3, 0.4) is 0 Å². The average molecular weight is 461 g/mol. The van der Waals surface area contributed by atoms with Gasteiger partial charge in [0, 0.05) is 12.0 Å². The first kappa shape index (κ1) is 30.5. The number of hydrogen-bond acceptors (Lipinski definition) is 4. The van der Waals surface area contributed by atoms with Crippen molar-refractivity contribution in [1.82, 2.24) is 0 Å². The van der Waals surface area contributed by atoms with E-state index in [4.69, 9.17) is 0 Å². The van der Waals surface area contributed by atoms with Gasteiger partial charge >= 0.3 is 29.6 Å². The molecule has 0 heterocycles. The van der Waals surface area contributed by atoms with Gasteiger partial charge in [-0.3, -0.25) is 8.98 Å². The second-order valence-electron chi connectivity index (χ2n) is 7.90. The van der Waals surface area contributed by atoms with Crippen LogP contribution in [0.5, 0.6) is 0 Å². The molecule has 31 heavy (non-hydrogen) atoms. The Kier molecular flexibility index (Phi) is 18.8. The number of Topliss-reactive ketones (excluding diaryl/α,β-unsaturated/α-hetero) is 1. The van der Waals surface area contributed by atoms with E-state index in [1.54, 1.807) is 12.1 Å². The van der Waals surface area contributed by atoms with Crippen molar-refractivity contribution in [3.63, 3.8) is 0 Å². The third kappa shape index (κ3) is 14.3. The van der Waals surface area contributed by atoms with E-state index in [1.165, 1.54) is 69.9 Å². The van der Waals surface area contributed by atoms with Crippen molar-refractivity contribution in [2.75, 3.05) is 7.11 Å². The van der Waals surface area contributed by atoms with Gasteiger partial charge in [-0.15, -0.1) is 0 Å². The Morgan fingerprint density at radius 2 is 1.32 bits per heavy atom. The van der Waals surface area contributed by atoms with Crippen LogP contribution in [0.2, 0.25) is 0 Å². The summed E-state index contributed by atoms with van der Waals surface area (Å²) in [5.41, 5.74) is 0.556. The Hall–Kier alpha value is -0.460. The first-order valence-electron chi connectivity index (χ1n) is 11.6. The third-order valence-corrected chi connectivity index (χ3v) is 6.64. The molecule has 0 aromatic heterocycles. The van der Waals surface area contributed by atoms with E-state index in [9.17, 15) is 13.2 Å². The molecular weight excluding hydrogens is 419 g/mol. The van der Waals surface area contributed by atoms with Gasteiger partial charge in [-0.2, -0.15) is 8.42 Å². The maximum atomic E-state index is 12.2. The van der Waals surface area contributed by atoms with Crippen molar-refractivity contribution in [3.05, 3.63) is 42.0 Å². The topological polar surface area (TPSA) is 60.4 Å². The van der Waals surface area contributed by atoms with Crippen LogP contribution < -0.4 is 29.6 Å². The van der Waals surface area contributed by atoms with Gasteiger partial charge in [0.05, 0.1) is 12.0 Å². The first-order valence-corrected chi connectivity index (χ1v) is 13.0. The SMILES string of the molecule is CCCCCCCC/C=C\CCCCCCCC(=O)c1ccc(S(=O)(=O)OC)cc1.[H-].[Na+]. The summed E-state index contributed by atoms with van der Waals surface area (Å²) in [4.78, 5) is 12.3. The van der Waals surface area contributed by atoms with Crippen LogP contribution in [0.15, 0.2) is 41.3 Å². The van der Waals surface area contributed by atoms with Gasteiger partial charge in [0.15, 0.2) is 5.78 Å². The second-order valence-corrected chi connectivity index (χ2v) is 9.62. The Morgan fingerprint density at radius 1 is 0.839 bits per heavy atom. The molecule has 0 amide bonds. The molecule has 0 fully saturated rings. The molecular formula is C25H41NaO4S. The predicted octanol–water partition coefficient (Wildman–Crippen LogP) is 4.36.